The number of carbonyl (C=O) groups excluding carboxylic acids is 2. The summed E-state index contributed by atoms with van der Waals surface area (Å²) < 4.78 is 0. The second kappa shape index (κ2) is 6.12. The topological polar surface area (TPSA) is 61.4 Å². The van der Waals surface area contributed by atoms with Gasteiger partial charge in [0.05, 0.1) is 6.54 Å². The van der Waals surface area contributed by atoms with Gasteiger partial charge in [-0.1, -0.05) is 0 Å². The normalized spacial score (nSPS) is 21.6. The standard InChI is InChI=1S/C15H27N3O2/c1-15(2,3)17-13(19)10-18-8-6-11(7-9-18)14(20)16-12-4-5-12/h11-12H,4-10H2,1-3H3,(H,16,20)(H,17,19). The van der Waals surface area contributed by atoms with E-state index in [1.807, 2.05) is 20.8 Å². The molecular formula is C15H27N3O2. The molecule has 2 rings (SSSR count). The fourth-order valence-corrected chi connectivity index (χ4v) is 2.56. The van der Waals surface area contributed by atoms with Gasteiger partial charge in [0, 0.05) is 17.5 Å². The van der Waals surface area contributed by atoms with Gasteiger partial charge < -0.3 is 10.6 Å². The Balaban J connectivity index is 1.68. The molecule has 0 spiro atoms. The minimum atomic E-state index is -0.181. The van der Waals surface area contributed by atoms with Crippen LogP contribution < -0.4 is 10.6 Å². The zero-order chi connectivity index (χ0) is 14.8. The lowest BCUT2D eigenvalue weighted by Gasteiger charge is -2.31. The Morgan fingerprint density at radius 3 is 2.20 bits per heavy atom. The molecule has 20 heavy (non-hydrogen) atoms. The van der Waals surface area contributed by atoms with E-state index in [0.717, 1.165) is 38.8 Å². The highest BCUT2D eigenvalue weighted by Gasteiger charge is 2.30. The molecule has 0 unspecified atom stereocenters. The summed E-state index contributed by atoms with van der Waals surface area (Å²) in [5, 5.41) is 6.05. The number of nitrogens with one attached hydrogen (secondary N) is 2. The van der Waals surface area contributed by atoms with Crippen molar-refractivity contribution in [1.29, 1.82) is 0 Å². The Morgan fingerprint density at radius 2 is 1.70 bits per heavy atom. The van der Waals surface area contributed by atoms with Gasteiger partial charge >= 0.3 is 0 Å². The quantitative estimate of drug-likeness (QED) is 0.804. The van der Waals surface area contributed by atoms with Crippen LogP contribution in [0.1, 0.15) is 46.5 Å². The summed E-state index contributed by atoms with van der Waals surface area (Å²) in [4.78, 5) is 26.0. The number of piperidine rings is 1. The van der Waals surface area contributed by atoms with Crippen molar-refractivity contribution < 1.29 is 9.59 Å². The molecule has 1 saturated carbocycles. The SMILES string of the molecule is CC(C)(C)NC(=O)CN1CCC(C(=O)NC2CC2)CC1. The first-order chi connectivity index (χ1) is 9.33. The molecule has 5 heteroatoms. The molecule has 0 aromatic rings. The van der Waals surface area contributed by atoms with E-state index in [0.29, 0.717) is 12.6 Å². The van der Waals surface area contributed by atoms with Crippen LogP contribution in [0.5, 0.6) is 0 Å². The van der Waals surface area contributed by atoms with Crippen molar-refractivity contribution in [3.05, 3.63) is 0 Å². The van der Waals surface area contributed by atoms with Crippen LogP contribution in [0.2, 0.25) is 0 Å². The molecule has 0 bridgehead atoms. The van der Waals surface area contributed by atoms with Gasteiger partial charge in [0.25, 0.3) is 0 Å². The Labute approximate surface area is 121 Å². The zero-order valence-corrected chi connectivity index (χ0v) is 12.9. The third-order valence-electron chi connectivity index (χ3n) is 3.76. The molecule has 2 amide bonds. The van der Waals surface area contributed by atoms with Crippen molar-refractivity contribution in [2.24, 2.45) is 5.92 Å². The van der Waals surface area contributed by atoms with E-state index in [1.54, 1.807) is 0 Å². The molecule has 0 aromatic carbocycles. The van der Waals surface area contributed by atoms with E-state index in [9.17, 15) is 9.59 Å². The van der Waals surface area contributed by atoms with Gasteiger partial charge in [-0.15, -0.1) is 0 Å². The maximum atomic E-state index is 12.0. The summed E-state index contributed by atoms with van der Waals surface area (Å²) >= 11 is 0. The van der Waals surface area contributed by atoms with Crippen LogP contribution in [0.15, 0.2) is 0 Å². The molecule has 2 N–H and O–H groups in total. The van der Waals surface area contributed by atoms with Gasteiger partial charge in [0.15, 0.2) is 0 Å². The Morgan fingerprint density at radius 1 is 1.10 bits per heavy atom. The van der Waals surface area contributed by atoms with Crippen LogP contribution in [0, 0.1) is 5.92 Å². The first-order valence-corrected chi connectivity index (χ1v) is 7.67. The summed E-state index contributed by atoms with van der Waals surface area (Å²) in [5.41, 5.74) is -0.181. The molecule has 0 atom stereocenters. The zero-order valence-electron chi connectivity index (χ0n) is 12.9. The van der Waals surface area contributed by atoms with Gasteiger partial charge in [-0.25, -0.2) is 0 Å². The fourth-order valence-electron chi connectivity index (χ4n) is 2.56. The third-order valence-corrected chi connectivity index (χ3v) is 3.76. The van der Waals surface area contributed by atoms with Crippen LogP contribution in [-0.2, 0) is 9.59 Å². The number of nitrogens with zero attached hydrogens (tertiary/aromatic N) is 1. The Kier molecular flexibility index (Phi) is 4.68. The molecule has 2 aliphatic rings. The van der Waals surface area contributed by atoms with Crippen molar-refractivity contribution in [3.8, 4) is 0 Å². The van der Waals surface area contributed by atoms with E-state index in [-0.39, 0.29) is 23.3 Å². The van der Waals surface area contributed by atoms with Gasteiger partial charge in [-0.3, -0.25) is 14.5 Å². The predicted molar refractivity (Wildman–Crippen MR) is 78.2 cm³/mol. The molecule has 0 radical (unpaired) electrons. The minimum Gasteiger partial charge on any atom is -0.353 e. The molecule has 1 aliphatic heterocycles. The van der Waals surface area contributed by atoms with Gasteiger partial charge in [0.2, 0.25) is 11.8 Å². The van der Waals surface area contributed by atoms with Crippen LogP contribution in [0.25, 0.3) is 0 Å². The smallest absolute Gasteiger partial charge is 0.234 e. The van der Waals surface area contributed by atoms with E-state index in [4.69, 9.17) is 0 Å². The second-order valence-corrected chi connectivity index (χ2v) is 7.13. The van der Waals surface area contributed by atoms with E-state index in [1.165, 1.54) is 0 Å². The molecule has 1 saturated heterocycles. The first kappa shape index (κ1) is 15.3. The number of hydrogen-bond acceptors (Lipinski definition) is 3. The van der Waals surface area contributed by atoms with Crippen molar-refractivity contribution in [1.82, 2.24) is 15.5 Å². The van der Waals surface area contributed by atoms with Crippen molar-refractivity contribution in [3.63, 3.8) is 0 Å². The highest BCUT2D eigenvalue weighted by molar-refractivity contribution is 5.80. The van der Waals surface area contributed by atoms with Crippen LogP contribution in [0.4, 0.5) is 0 Å². The van der Waals surface area contributed by atoms with Crippen molar-refractivity contribution in [2.45, 2.75) is 58.0 Å². The Hall–Kier alpha value is -1.10. The van der Waals surface area contributed by atoms with Gasteiger partial charge in [-0.05, 0) is 59.5 Å². The summed E-state index contributed by atoms with van der Waals surface area (Å²) in [6.45, 7) is 8.06. The summed E-state index contributed by atoms with van der Waals surface area (Å²) in [7, 11) is 0. The lowest BCUT2D eigenvalue weighted by atomic mass is 9.96. The largest absolute Gasteiger partial charge is 0.353 e. The second-order valence-electron chi connectivity index (χ2n) is 7.13. The Bertz CT molecular complexity index is 364. The van der Waals surface area contributed by atoms with Crippen LogP contribution >= 0.6 is 0 Å². The maximum absolute atomic E-state index is 12.0. The minimum absolute atomic E-state index is 0.0679. The lowest BCUT2D eigenvalue weighted by molar-refractivity contribution is -0.127. The molecule has 114 valence electrons. The highest BCUT2D eigenvalue weighted by Crippen LogP contribution is 2.22. The maximum Gasteiger partial charge on any atom is 0.234 e. The number of carbonyl (C=O) groups is 2. The number of amides is 2. The van der Waals surface area contributed by atoms with E-state index in [2.05, 4.69) is 15.5 Å². The number of likely N-dealkylation sites (tertiary alicyclic amines) is 1. The fraction of sp³-hybridized carbons (Fsp3) is 0.867. The molecule has 5 nitrogen and oxygen atoms in total. The van der Waals surface area contributed by atoms with Gasteiger partial charge in [0.1, 0.15) is 0 Å². The van der Waals surface area contributed by atoms with E-state index < -0.39 is 0 Å². The third kappa shape index (κ3) is 5.12. The van der Waals surface area contributed by atoms with Crippen molar-refractivity contribution >= 4 is 11.8 Å². The monoisotopic (exact) mass is 281 g/mol. The highest BCUT2D eigenvalue weighted by atomic mass is 16.2. The number of hydrogen-bond donors (Lipinski definition) is 2. The molecular weight excluding hydrogens is 254 g/mol. The van der Waals surface area contributed by atoms with Crippen LogP contribution in [0.3, 0.4) is 0 Å². The molecule has 1 aliphatic carbocycles. The summed E-state index contributed by atoms with van der Waals surface area (Å²) in [5.74, 6) is 0.419. The summed E-state index contributed by atoms with van der Waals surface area (Å²) in [6.07, 6.45) is 4.00. The average molecular weight is 281 g/mol. The first-order valence-electron chi connectivity index (χ1n) is 7.67. The molecule has 2 fully saturated rings. The summed E-state index contributed by atoms with van der Waals surface area (Å²) in [6, 6.07) is 0.443. The molecule has 0 aromatic heterocycles. The van der Waals surface area contributed by atoms with E-state index >= 15 is 0 Å². The van der Waals surface area contributed by atoms with Gasteiger partial charge in [-0.2, -0.15) is 0 Å². The number of rotatable bonds is 4. The lowest BCUT2D eigenvalue weighted by Crippen LogP contribution is -2.48. The predicted octanol–water partition coefficient (Wildman–Crippen LogP) is 0.892. The van der Waals surface area contributed by atoms with Crippen molar-refractivity contribution in [2.75, 3.05) is 19.6 Å². The van der Waals surface area contributed by atoms with Crippen LogP contribution in [-0.4, -0.2) is 47.9 Å². The molecule has 1 heterocycles. The average Bonchev–Trinajstić information content (AvgIpc) is 3.11.